The second-order valence-corrected chi connectivity index (χ2v) is 8.50. The van der Waals surface area contributed by atoms with E-state index in [0.29, 0.717) is 22.0 Å². The highest BCUT2D eigenvalue weighted by molar-refractivity contribution is 7.80. The zero-order valence-electron chi connectivity index (χ0n) is 13.9. The number of thiocarbonyl (C=S) groups is 1. The van der Waals surface area contributed by atoms with Crippen LogP contribution in [0.15, 0.2) is 48.5 Å². The number of amides is 1. The van der Waals surface area contributed by atoms with Gasteiger partial charge < -0.3 is 20.7 Å². The van der Waals surface area contributed by atoms with Gasteiger partial charge in [0.2, 0.25) is 3.79 Å². The highest BCUT2D eigenvalue weighted by atomic mass is 35.6. The molecule has 2 aromatic rings. The van der Waals surface area contributed by atoms with Crippen LogP contribution in [0, 0.1) is 0 Å². The number of benzene rings is 2. The van der Waals surface area contributed by atoms with Crippen molar-refractivity contribution >= 4 is 75.3 Å². The smallest absolute Gasteiger partial charge is 0.253 e. The minimum atomic E-state index is -1.86. The molecule has 0 unspecified atom stereocenters. The molecule has 0 aromatic heterocycles. The number of methoxy groups -OCH3 is 1. The predicted molar refractivity (Wildman–Crippen MR) is 115 cm³/mol. The van der Waals surface area contributed by atoms with E-state index >= 15 is 0 Å². The molecule has 10 heteroatoms. The van der Waals surface area contributed by atoms with Crippen LogP contribution in [0.2, 0.25) is 5.02 Å². The van der Waals surface area contributed by atoms with Gasteiger partial charge in [-0.2, -0.15) is 0 Å². The summed E-state index contributed by atoms with van der Waals surface area (Å²) in [6, 6.07) is 13.4. The fourth-order valence-corrected chi connectivity index (χ4v) is 2.77. The number of carbonyl (C=O) groups excluding carboxylic acids is 1. The number of nitrogens with one attached hydrogen (secondary N) is 3. The average Bonchev–Trinajstić information content (AvgIpc) is 2.61. The fraction of sp³-hybridized carbons (Fsp3) is 0.176. The van der Waals surface area contributed by atoms with E-state index in [0.717, 1.165) is 0 Å². The third kappa shape index (κ3) is 6.90. The van der Waals surface area contributed by atoms with E-state index in [4.69, 9.17) is 63.4 Å². The van der Waals surface area contributed by atoms with Gasteiger partial charge in [0, 0.05) is 16.3 Å². The molecule has 0 aliphatic heterocycles. The highest BCUT2D eigenvalue weighted by Crippen LogP contribution is 2.29. The minimum absolute atomic E-state index is 0.155. The van der Waals surface area contributed by atoms with E-state index < -0.39 is 15.9 Å². The van der Waals surface area contributed by atoms with Crippen LogP contribution in [0.1, 0.15) is 10.4 Å². The van der Waals surface area contributed by atoms with Gasteiger partial charge in [-0.3, -0.25) is 4.79 Å². The van der Waals surface area contributed by atoms with Gasteiger partial charge in [-0.05, 0) is 54.7 Å². The lowest BCUT2D eigenvalue weighted by Gasteiger charge is -2.27. The highest BCUT2D eigenvalue weighted by Gasteiger charge is 2.34. The van der Waals surface area contributed by atoms with Crippen LogP contribution in [0.3, 0.4) is 0 Å². The minimum Gasteiger partial charge on any atom is -0.497 e. The van der Waals surface area contributed by atoms with Gasteiger partial charge in [-0.25, -0.2) is 0 Å². The van der Waals surface area contributed by atoms with Crippen LogP contribution in [0.4, 0.5) is 5.69 Å². The number of hydrogen-bond donors (Lipinski definition) is 3. The second-order valence-electron chi connectivity index (χ2n) is 5.29. The Morgan fingerprint density at radius 2 is 1.78 bits per heavy atom. The maximum Gasteiger partial charge on any atom is 0.253 e. The number of rotatable bonds is 5. The first-order valence-electron chi connectivity index (χ1n) is 7.54. The number of ether oxygens (including phenoxy) is 1. The third-order valence-corrected chi connectivity index (χ3v) is 4.42. The van der Waals surface area contributed by atoms with Crippen molar-refractivity contribution < 1.29 is 9.53 Å². The van der Waals surface area contributed by atoms with Gasteiger partial charge >= 0.3 is 0 Å². The molecule has 0 heterocycles. The zero-order chi connectivity index (χ0) is 20.0. The molecule has 2 rings (SSSR count). The number of carbonyl (C=O) groups is 1. The van der Waals surface area contributed by atoms with E-state index in [1.54, 1.807) is 49.6 Å². The lowest BCUT2D eigenvalue weighted by molar-refractivity contribution is 0.0934. The molecule has 0 saturated heterocycles. The topological polar surface area (TPSA) is 62.4 Å². The van der Waals surface area contributed by atoms with Crippen LogP contribution in [-0.2, 0) is 0 Å². The Kier molecular flexibility index (Phi) is 7.82. The number of anilines is 1. The number of alkyl halides is 3. The summed E-state index contributed by atoms with van der Waals surface area (Å²) in [6.45, 7) is 0. The molecule has 0 aliphatic carbocycles. The predicted octanol–water partition coefficient (Wildman–Crippen LogP) is 4.76. The molecule has 0 fully saturated rings. The first kappa shape index (κ1) is 21.9. The Bertz CT molecular complexity index is 813. The molecule has 0 bridgehead atoms. The van der Waals surface area contributed by atoms with Gasteiger partial charge in [0.1, 0.15) is 11.9 Å². The lowest BCUT2D eigenvalue weighted by atomic mass is 10.2. The summed E-state index contributed by atoms with van der Waals surface area (Å²) < 4.78 is 3.23. The average molecular weight is 467 g/mol. The van der Waals surface area contributed by atoms with E-state index in [9.17, 15) is 4.79 Å². The molecule has 0 aliphatic rings. The van der Waals surface area contributed by atoms with Gasteiger partial charge in [0.15, 0.2) is 5.11 Å². The molecular formula is C17H15Cl4N3O2S. The summed E-state index contributed by atoms with van der Waals surface area (Å²) in [5.74, 6) is 0.223. The van der Waals surface area contributed by atoms with E-state index in [1.165, 1.54) is 6.07 Å². The molecule has 1 atom stereocenters. The molecule has 0 spiro atoms. The van der Waals surface area contributed by atoms with E-state index in [1.807, 2.05) is 0 Å². The number of hydrogen-bond acceptors (Lipinski definition) is 3. The van der Waals surface area contributed by atoms with E-state index in [2.05, 4.69) is 16.0 Å². The Morgan fingerprint density at radius 1 is 1.11 bits per heavy atom. The molecule has 3 N–H and O–H groups in total. The largest absolute Gasteiger partial charge is 0.497 e. The van der Waals surface area contributed by atoms with Gasteiger partial charge in [0.05, 0.1) is 7.11 Å². The molecule has 144 valence electrons. The summed E-state index contributed by atoms with van der Waals surface area (Å²) in [5, 5.41) is 8.87. The normalized spacial score (nSPS) is 12.0. The van der Waals surface area contributed by atoms with Crippen LogP contribution < -0.4 is 20.7 Å². The van der Waals surface area contributed by atoms with Crippen molar-refractivity contribution in [1.29, 1.82) is 0 Å². The van der Waals surface area contributed by atoms with Crippen molar-refractivity contribution in [2.75, 3.05) is 12.4 Å². The Labute approximate surface area is 182 Å². The zero-order valence-corrected chi connectivity index (χ0v) is 17.8. The van der Waals surface area contributed by atoms with Crippen molar-refractivity contribution in [1.82, 2.24) is 10.6 Å². The molecule has 5 nitrogen and oxygen atoms in total. The quantitative estimate of drug-likeness (QED) is 0.337. The molecule has 2 aromatic carbocycles. The molecule has 0 radical (unpaired) electrons. The summed E-state index contributed by atoms with van der Waals surface area (Å²) in [6.07, 6.45) is -1.09. The van der Waals surface area contributed by atoms with Gasteiger partial charge in [-0.15, -0.1) is 0 Å². The number of halogens is 4. The lowest BCUT2D eigenvalue weighted by Crippen LogP contribution is -2.56. The van der Waals surface area contributed by atoms with Gasteiger partial charge in [0.25, 0.3) is 5.91 Å². The van der Waals surface area contributed by atoms with Crippen LogP contribution in [0.25, 0.3) is 0 Å². The van der Waals surface area contributed by atoms with Crippen molar-refractivity contribution in [3.8, 4) is 5.75 Å². The Hall–Kier alpha value is -1.44. The van der Waals surface area contributed by atoms with Gasteiger partial charge in [-0.1, -0.05) is 52.5 Å². The summed E-state index contributed by atoms with van der Waals surface area (Å²) in [5.41, 5.74) is 1.01. The second kappa shape index (κ2) is 9.66. The van der Waals surface area contributed by atoms with Crippen molar-refractivity contribution in [3.05, 3.63) is 59.1 Å². The van der Waals surface area contributed by atoms with Crippen molar-refractivity contribution in [2.24, 2.45) is 0 Å². The Morgan fingerprint density at radius 3 is 2.33 bits per heavy atom. The van der Waals surface area contributed by atoms with Crippen molar-refractivity contribution in [3.63, 3.8) is 0 Å². The monoisotopic (exact) mass is 465 g/mol. The standard InChI is InChI=1S/C17H15Cl4N3O2S/c1-26-13-7-5-12(6-8-13)22-16(27)24-15(17(19,20)21)23-14(25)10-3-2-4-11(18)9-10/h2-9,15H,1H3,(H,23,25)(H2,22,24,27)/t15-/m0/s1. The third-order valence-electron chi connectivity index (χ3n) is 3.31. The maximum atomic E-state index is 12.4. The summed E-state index contributed by atoms with van der Waals surface area (Å²) in [4.78, 5) is 12.4. The SMILES string of the molecule is COc1ccc(NC(=S)N[C@H](NC(=O)c2cccc(Cl)c2)C(Cl)(Cl)Cl)cc1. The first-order chi connectivity index (χ1) is 12.7. The molecule has 1 amide bonds. The van der Waals surface area contributed by atoms with Crippen LogP contribution in [-0.4, -0.2) is 28.1 Å². The van der Waals surface area contributed by atoms with Crippen LogP contribution >= 0.6 is 58.6 Å². The maximum absolute atomic E-state index is 12.4. The fourth-order valence-electron chi connectivity index (χ4n) is 2.02. The van der Waals surface area contributed by atoms with Crippen LogP contribution in [0.5, 0.6) is 5.75 Å². The first-order valence-corrected chi connectivity index (χ1v) is 9.46. The summed E-state index contributed by atoms with van der Waals surface area (Å²) in [7, 11) is 1.57. The Balaban J connectivity index is 2.05. The molecule has 0 saturated carbocycles. The summed E-state index contributed by atoms with van der Waals surface area (Å²) >= 11 is 29.0. The van der Waals surface area contributed by atoms with Crippen molar-refractivity contribution in [2.45, 2.75) is 9.96 Å². The van der Waals surface area contributed by atoms with E-state index in [-0.39, 0.29) is 5.11 Å². The molecular weight excluding hydrogens is 452 g/mol. The molecule has 27 heavy (non-hydrogen) atoms.